The van der Waals surface area contributed by atoms with Gasteiger partial charge in [0, 0.05) is 50.6 Å². The average Bonchev–Trinajstić information content (AvgIpc) is 3.60. The lowest BCUT2D eigenvalue weighted by molar-refractivity contribution is 0.0975. The van der Waals surface area contributed by atoms with Crippen molar-refractivity contribution in [1.29, 1.82) is 0 Å². The Morgan fingerprint density at radius 1 is 0.600 bits per heavy atom. The molecule has 5 nitrogen and oxygen atoms in total. The van der Waals surface area contributed by atoms with Gasteiger partial charge in [0.2, 0.25) is 0 Å². The molecule has 1 atom stereocenters. The lowest BCUT2D eigenvalue weighted by atomic mass is 9.99. The molecule has 1 unspecified atom stereocenters. The summed E-state index contributed by atoms with van der Waals surface area (Å²) in [7, 11) is 0. The second-order valence-corrected chi connectivity index (χ2v) is 12.1. The summed E-state index contributed by atoms with van der Waals surface area (Å²) in [4.78, 5) is 52.5. The predicted octanol–water partition coefficient (Wildman–Crippen LogP) is 8.94. The Morgan fingerprint density at radius 2 is 1.02 bits per heavy atom. The zero-order valence-corrected chi connectivity index (χ0v) is 25.4. The number of rotatable bonds is 8. The minimum atomic E-state index is -0.238. The van der Waals surface area contributed by atoms with E-state index in [0.29, 0.717) is 28.2 Å². The van der Waals surface area contributed by atoms with Crippen LogP contribution in [0.15, 0.2) is 96.1 Å². The van der Waals surface area contributed by atoms with Gasteiger partial charge >= 0.3 is 0 Å². The highest BCUT2D eigenvalue weighted by atomic mass is 16.2. The molecule has 0 radical (unpaired) electrons. The molecule has 0 N–H and O–H groups in total. The van der Waals surface area contributed by atoms with Crippen molar-refractivity contribution in [2.45, 2.75) is 46.1 Å². The number of hydrogen-bond acceptors (Lipinski definition) is 4. The molecule has 5 heteroatoms. The van der Waals surface area contributed by atoms with Crippen LogP contribution in [0.25, 0.3) is 34.0 Å². The highest BCUT2D eigenvalue weighted by molar-refractivity contribution is 6.42. The number of ketones is 4. The van der Waals surface area contributed by atoms with Crippen LogP contribution in [0.1, 0.15) is 92.1 Å². The smallest absolute Gasteiger partial charge is 0.197 e. The standard InChI is InChI=1S/C40H33NO4/c1-3-5-10-24(4-2)23-41-35-21-25(19-33-37(42)29-11-6-7-12-30(29)38(33)43)15-17-27(35)28-18-16-26(22-36(28)41)20-34-39(44)31-13-8-9-14-32(31)40(34)45/h6-9,11-22,24H,3-5,10,23H2,1-2H3. The van der Waals surface area contributed by atoms with Gasteiger partial charge in [-0.2, -0.15) is 0 Å². The normalized spacial score (nSPS) is 14.9. The number of aromatic nitrogens is 1. The van der Waals surface area contributed by atoms with E-state index in [1.165, 1.54) is 0 Å². The molecule has 0 aliphatic heterocycles. The van der Waals surface area contributed by atoms with E-state index in [4.69, 9.17) is 0 Å². The minimum Gasteiger partial charge on any atom is -0.340 e. The molecular formula is C40H33NO4. The van der Waals surface area contributed by atoms with Gasteiger partial charge in [0.1, 0.15) is 0 Å². The first-order valence-electron chi connectivity index (χ1n) is 15.8. The molecular weight excluding hydrogens is 558 g/mol. The van der Waals surface area contributed by atoms with Gasteiger partial charge in [0.15, 0.2) is 23.1 Å². The molecule has 0 bridgehead atoms. The van der Waals surface area contributed by atoms with Crippen LogP contribution < -0.4 is 0 Å². The zero-order chi connectivity index (χ0) is 31.2. The van der Waals surface area contributed by atoms with Crippen molar-refractivity contribution in [2.24, 2.45) is 5.92 Å². The number of allylic oxidation sites excluding steroid dienone is 2. The Labute approximate surface area is 261 Å². The maximum atomic E-state index is 13.1. The Balaban J connectivity index is 1.35. The summed E-state index contributed by atoms with van der Waals surface area (Å²) in [5, 5.41) is 2.15. The molecule has 0 saturated heterocycles. The van der Waals surface area contributed by atoms with Gasteiger partial charge in [-0.1, -0.05) is 106 Å². The SMILES string of the molecule is CCCCC(CC)Cn1c2cc(C=C3C(=O)c4ccccc4C3=O)ccc2c2ccc(C=C3C(=O)c4ccccc4C3=O)cc21. The molecule has 0 spiro atoms. The number of benzene rings is 4. The number of nitrogens with zero attached hydrogens (tertiary/aromatic N) is 1. The van der Waals surface area contributed by atoms with Crippen LogP contribution in [0.5, 0.6) is 0 Å². The van der Waals surface area contributed by atoms with Crippen molar-refractivity contribution in [3.8, 4) is 0 Å². The number of carbonyl (C=O) groups excluding carboxylic acids is 4. The summed E-state index contributed by atoms with van der Waals surface area (Å²) >= 11 is 0. The molecule has 1 heterocycles. The molecule has 0 fully saturated rings. The summed E-state index contributed by atoms with van der Waals surface area (Å²) in [5.74, 6) is -0.487. The fourth-order valence-electron chi connectivity index (χ4n) is 6.82. The second-order valence-electron chi connectivity index (χ2n) is 12.1. The third kappa shape index (κ3) is 4.80. The molecule has 5 aromatic rings. The van der Waals surface area contributed by atoms with Crippen LogP contribution in [-0.4, -0.2) is 27.7 Å². The van der Waals surface area contributed by atoms with Gasteiger partial charge in [-0.05, 0) is 47.8 Å². The van der Waals surface area contributed by atoms with Gasteiger partial charge in [0.05, 0.1) is 11.1 Å². The molecule has 4 aromatic carbocycles. The van der Waals surface area contributed by atoms with Crippen LogP contribution in [-0.2, 0) is 6.54 Å². The van der Waals surface area contributed by atoms with Crippen molar-refractivity contribution < 1.29 is 19.2 Å². The largest absolute Gasteiger partial charge is 0.340 e. The van der Waals surface area contributed by atoms with Gasteiger partial charge in [-0.25, -0.2) is 0 Å². The van der Waals surface area contributed by atoms with Crippen LogP contribution in [0.3, 0.4) is 0 Å². The Kier molecular flexibility index (Phi) is 7.25. The number of Topliss-reactive ketones (excluding diaryl/α,β-unsaturated/α-hetero) is 4. The van der Waals surface area contributed by atoms with Crippen molar-refractivity contribution in [3.05, 3.63) is 129 Å². The Morgan fingerprint density at radius 3 is 1.40 bits per heavy atom. The van der Waals surface area contributed by atoms with E-state index >= 15 is 0 Å². The second kappa shape index (κ2) is 11.4. The van der Waals surface area contributed by atoms with E-state index < -0.39 is 0 Å². The average molecular weight is 592 g/mol. The number of unbranched alkanes of at least 4 members (excludes halogenated alkanes) is 1. The number of carbonyl (C=O) groups is 4. The van der Waals surface area contributed by atoms with Gasteiger partial charge in [-0.3, -0.25) is 19.2 Å². The van der Waals surface area contributed by atoms with Crippen molar-refractivity contribution >= 4 is 57.1 Å². The monoisotopic (exact) mass is 591 g/mol. The Hall–Kier alpha value is -5.16. The van der Waals surface area contributed by atoms with Gasteiger partial charge in [0.25, 0.3) is 0 Å². The molecule has 2 aliphatic rings. The molecule has 45 heavy (non-hydrogen) atoms. The molecule has 0 amide bonds. The predicted molar refractivity (Wildman–Crippen MR) is 179 cm³/mol. The molecule has 7 rings (SSSR count). The quantitative estimate of drug-likeness (QED) is 0.133. The first kappa shape index (κ1) is 28.6. The number of fused-ring (bicyclic) bond motifs is 5. The highest BCUT2D eigenvalue weighted by Crippen LogP contribution is 2.35. The van der Waals surface area contributed by atoms with E-state index in [1.807, 2.05) is 12.1 Å². The van der Waals surface area contributed by atoms with Crippen LogP contribution in [0, 0.1) is 5.92 Å². The lowest BCUT2D eigenvalue weighted by Crippen LogP contribution is -2.10. The third-order valence-electron chi connectivity index (χ3n) is 9.33. The molecule has 0 saturated carbocycles. The molecule has 222 valence electrons. The van der Waals surface area contributed by atoms with Gasteiger partial charge < -0.3 is 4.57 Å². The van der Waals surface area contributed by atoms with E-state index in [-0.39, 0.29) is 34.3 Å². The first-order chi connectivity index (χ1) is 21.9. The van der Waals surface area contributed by atoms with Crippen molar-refractivity contribution in [2.75, 3.05) is 0 Å². The van der Waals surface area contributed by atoms with E-state index in [0.717, 1.165) is 65.2 Å². The summed E-state index contributed by atoms with van der Waals surface area (Å²) in [6, 6.07) is 26.1. The van der Waals surface area contributed by atoms with Crippen LogP contribution >= 0.6 is 0 Å². The maximum absolute atomic E-state index is 13.1. The third-order valence-corrected chi connectivity index (χ3v) is 9.33. The van der Waals surface area contributed by atoms with Crippen molar-refractivity contribution in [3.63, 3.8) is 0 Å². The van der Waals surface area contributed by atoms with Crippen LogP contribution in [0.4, 0.5) is 0 Å². The summed E-state index contributed by atoms with van der Waals surface area (Å²) in [6.45, 7) is 5.24. The van der Waals surface area contributed by atoms with Gasteiger partial charge in [-0.15, -0.1) is 0 Å². The number of hydrogen-bond donors (Lipinski definition) is 0. The highest BCUT2D eigenvalue weighted by Gasteiger charge is 2.33. The summed E-state index contributed by atoms with van der Waals surface area (Å²) in [5.41, 5.74) is 5.82. The summed E-state index contributed by atoms with van der Waals surface area (Å²) < 4.78 is 2.33. The van der Waals surface area contributed by atoms with E-state index in [1.54, 1.807) is 60.7 Å². The molecule has 1 aromatic heterocycles. The van der Waals surface area contributed by atoms with Crippen LogP contribution in [0.2, 0.25) is 0 Å². The minimum absolute atomic E-state index is 0.188. The van der Waals surface area contributed by atoms with E-state index in [9.17, 15) is 19.2 Å². The Bertz CT molecular complexity index is 1920. The maximum Gasteiger partial charge on any atom is 0.197 e. The topological polar surface area (TPSA) is 73.2 Å². The first-order valence-corrected chi connectivity index (χ1v) is 15.8. The fraction of sp³-hybridized carbons (Fsp3) is 0.200. The van der Waals surface area contributed by atoms with Crippen molar-refractivity contribution in [1.82, 2.24) is 4.57 Å². The van der Waals surface area contributed by atoms with E-state index in [2.05, 4.69) is 42.7 Å². The zero-order valence-electron chi connectivity index (χ0n) is 25.4. The molecule has 2 aliphatic carbocycles. The lowest BCUT2D eigenvalue weighted by Gasteiger charge is -2.17. The fourth-order valence-corrected chi connectivity index (χ4v) is 6.82. The summed E-state index contributed by atoms with van der Waals surface area (Å²) in [6.07, 6.45) is 7.87.